The molecule has 114 valence electrons. The fraction of sp³-hybridized carbons (Fsp3) is 0.533. The molecule has 21 heavy (non-hydrogen) atoms. The molecule has 3 unspecified atom stereocenters. The summed E-state index contributed by atoms with van der Waals surface area (Å²) in [6.45, 7) is 5.82. The Morgan fingerprint density at radius 1 is 1.52 bits per heavy atom. The fourth-order valence-corrected chi connectivity index (χ4v) is 3.58. The molecule has 5 nitrogen and oxygen atoms in total. The van der Waals surface area contributed by atoms with E-state index in [4.69, 9.17) is 10.5 Å². The van der Waals surface area contributed by atoms with Crippen molar-refractivity contribution in [1.29, 1.82) is 0 Å². The Morgan fingerprint density at radius 2 is 2.29 bits per heavy atom. The minimum atomic E-state index is -0.573. The van der Waals surface area contributed by atoms with Crippen molar-refractivity contribution in [1.82, 2.24) is 0 Å². The third kappa shape index (κ3) is 2.56. The Morgan fingerprint density at radius 3 is 3.00 bits per heavy atom. The number of nitrogens with zero attached hydrogens (tertiary/aromatic N) is 1. The summed E-state index contributed by atoms with van der Waals surface area (Å²) in [5.74, 6) is -0.142. The molecule has 2 aliphatic heterocycles. The van der Waals surface area contributed by atoms with Crippen LogP contribution < -0.4 is 16.0 Å². The monoisotopic (exact) mass is 353 g/mol. The van der Waals surface area contributed by atoms with E-state index in [1.807, 2.05) is 12.1 Å². The minimum Gasteiger partial charge on any atom is -0.375 e. The van der Waals surface area contributed by atoms with E-state index in [2.05, 4.69) is 40.0 Å². The third-order valence-corrected chi connectivity index (χ3v) is 4.88. The van der Waals surface area contributed by atoms with Crippen LogP contribution in [0.25, 0.3) is 0 Å². The number of benzene rings is 1. The first-order chi connectivity index (χ1) is 10.0. The highest BCUT2D eigenvalue weighted by Gasteiger charge is 2.32. The number of halogens is 1. The predicted octanol–water partition coefficient (Wildman–Crippen LogP) is 2.40. The van der Waals surface area contributed by atoms with Crippen LogP contribution in [0.15, 0.2) is 16.6 Å². The van der Waals surface area contributed by atoms with Crippen molar-refractivity contribution in [3.63, 3.8) is 0 Å². The summed E-state index contributed by atoms with van der Waals surface area (Å²) in [7, 11) is 0. The normalized spacial score (nSPS) is 28.5. The molecule has 3 atom stereocenters. The molecule has 1 aromatic rings. The molecule has 0 saturated carbocycles. The number of hydrogen-bond donors (Lipinski definition) is 2. The van der Waals surface area contributed by atoms with Gasteiger partial charge in [0.05, 0.1) is 24.4 Å². The van der Waals surface area contributed by atoms with Crippen LogP contribution in [0.5, 0.6) is 0 Å². The van der Waals surface area contributed by atoms with E-state index in [0.717, 1.165) is 41.0 Å². The smallest absolute Gasteiger partial charge is 0.245 e. The van der Waals surface area contributed by atoms with Gasteiger partial charge in [0.2, 0.25) is 5.91 Å². The predicted molar refractivity (Wildman–Crippen MR) is 86.5 cm³/mol. The molecule has 0 bridgehead atoms. The summed E-state index contributed by atoms with van der Waals surface area (Å²) in [6, 6.07) is 3.75. The fourth-order valence-electron chi connectivity index (χ4n) is 2.99. The van der Waals surface area contributed by atoms with Crippen LogP contribution in [0.1, 0.15) is 31.9 Å². The molecule has 0 aromatic heterocycles. The second kappa shape index (κ2) is 5.59. The Hall–Kier alpha value is -1.11. The molecule has 3 N–H and O–H groups in total. The number of carbonyl (C=O) groups is 1. The van der Waals surface area contributed by atoms with Crippen LogP contribution in [-0.4, -0.2) is 31.2 Å². The van der Waals surface area contributed by atoms with Crippen LogP contribution in [0.3, 0.4) is 0 Å². The molecule has 1 aromatic carbocycles. The summed E-state index contributed by atoms with van der Waals surface area (Å²) >= 11 is 3.63. The van der Waals surface area contributed by atoms with E-state index in [0.29, 0.717) is 6.04 Å². The molecule has 2 heterocycles. The Bertz CT molecular complexity index is 578. The average Bonchev–Trinajstić information content (AvgIpc) is 2.73. The van der Waals surface area contributed by atoms with Gasteiger partial charge in [0.25, 0.3) is 0 Å². The first-order valence-corrected chi connectivity index (χ1v) is 8.08. The topological polar surface area (TPSA) is 67.6 Å². The van der Waals surface area contributed by atoms with Crippen molar-refractivity contribution in [3.8, 4) is 0 Å². The summed E-state index contributed by atoms with van der Waals surface area (Å²) in [6.07, 6.45) is 1.21. The van der Waals surface area contributed by atoms with Gasteiger partial charge in [0.1, 0.15) is 6.04 Å². The lowest BCUT2D eigenvalue weighted by Crippen LogP contribution is -2.48. The van der Waals surface area contributed by atoms with E-state index < -0.39 is 6.04 Å². The number of fused-ring (bicyclic) bond motifs is 1. The van der Waals surface area contributed by atoms with Crippen LogP contribution in [0.4, 0.5) is 11.4 Å². The Labute approximate surface area is 132 Å². The number of carbonyl (C=O) groups excluding carboxylic acids is 1. The van der Waals surface area contributed by atoms with E-state index in [1.54, 1.807) is 0 Å². The van der Waals surface area contributed by atoms with Gasteiger partial charge in [-0.3, -0.25) is 4.79 Å². The van der Waals surface area contributed by atoms with Gasteiger partial charge in [-0.2, -0.15) is 0 Å². The number of nitrogens with two attached hydrogens (primary N) is 1. The van der Waals surface area contributed by atoms with Crippen LogP contribution in [-0.2, 0) is 9.53 Å². The zero-order valence-electron chi connectivity index (χ0n) is 12.2. The van der Waals surface area contributed by atoms with Gasteiger partial charge >= 0.3 is 0 Å². The van der Waals surface area contributed by atoms with E-state index >= 15 is 0 Å². The zero-order chi connectivity index (χ0) is 15.1. The van der Waals surface area contributed by atoms with E-state index in [-0.39, 0.29) is 12.0 Å². The van der Waals surface area contributed by atoms with Gasteiger partial charge in [0.15, 0.2) is 0 Å². The largest absolute Gasteiger partial charge is 0.375 e. The highest BCUT2D eigenvalue weighted by molar-refractivity contribution is 9.10. The van der Waals surface area contributed by atoms with Crippen LogP contribution >= 0.6 is 15.9 Å². The average molecular weight is 354 g/mol. The standard InChI is InChI=1S/C15H20BrN3O2/c1-3-9-7-21-8(2)6-19(9)13-5-12-10(4-11(13)16)14(17)15(20)18-12/h4-5,8-9,14H,3,6-7,17H2,1-2H3,(H,18,20). The molecule has 2 aliphatic rings. The second-order valence-electron chi connectivity index (χ2n) is 5.72. The zero-order valence-corrected chi connectivity index (χ0v) is 13.8. The summed E-state index contributed by atoms with van der Waals surface area (Å²) in [5, 5.41) is 2.86. The van der Waals surface area contributed by atoms with Crippen molar-refractivity contribution < 1.29 is 9.53 Å². The first-order valence-electron chi connectivity index (χ1n) is 7.29. The lowest BCUT2D eigenvalue weighted by molar-refractivity contribution is -0.116. The van der Waals surface area contributed by atoms with Crippen molar-refractivity contribution >= 4 is 33.2 Å². The van der Waals surface area contributed by atoms with Crippen molar-refractivity contribution in [3.05, 3.63) is 22.2 Å². The number of hydrogen-bond acceptors (Lipinski definition) is 4. The van der Waals surface area contributed by atoms with Gasteiger partial charge in [-0.25, -0.2) is 0 Å². The van der Waals surface area contributed by atoms with Gasteiger partial charge < -0.3 is 20.7 Å². The molecular formula is C15H20BrN3O2. The highest BCUT2D eigenvalue weighted by atomic mass is 79.9. The van der Waals surface area contributed by atoms with Crippen LogP contribution in [0.2, 0.25) is 0 Å². The molecule has 1 saturated heterocycles. The summed E-state index contributed by atoms with van der Waals surface area (Å²) in [5.41, 5.74) is 8.66. The molecule has 0 aliphatic carbocycles. The van der Waals surface area contributed by atoms with Gasteiger partial charge in [-0.15, -0.1) is 0 Å². The highest BCUT2D eigenvalue weighted by Crippen LogP contribution is 2.39. The maximum absolute atomic E-state index is 11.7. The molecule has 0 spiro atoms. The second-order valence-corrected chi connectivity index (χ2v) is 6.57. The molecular weight excluding hydrogens is 334 g/mol. The van der Waals surface area contributed by atoms with Gasteiger partial charge in [-0.05, 0) is 41.4 Å². The maximum atomic E-state index is 11.7. The maximum Gasteiger partial charge on any atom is 0.245 e. The summed E-state index contributed by atoms with van der Waals surface area (Å²) in [4.78, 5) is 14.1. The third-order valence-electron chi connectivity index (χ3n) is 4.24. The molecule has 1 fully saturated rings. The van der Waals surface area contributed by atoms with Crippen LogP contribution in [0, 0.1) is 0 Å². The number of amides is 1. The lowest BCUT2D eigenvalue weighted by Gasteiger charge is -2.40. The lowest BCUT2D eigenvalue weighted by atomic mass is 10.1. The van der Waals surface area contributed by atoms with E-state index in [1.165, 1.54) is 0 Å². The SMILES string of the molecule is CCC1COC(C)CN1c1cc2c(cc1Br)C(N)C(=O)N2. The van der Waals surface area contributed by atoms with Crippen molar-refractivity contribution in [2.45, 2.75) is 38.5 Å². The number of rotatable bonds is 2. The quantitative estimate of drug-likeness (QED) is 0.856. The molecule has 6 heteroatoms. The van der Waals surface area contributed by atoms with Gasteiger partial charge in [0, 0.05) is 22.3 Å². The Kier molecular flexibility index (Phi) is 3.94. The molecule has 0 radical (unpaired) electrons. The first kappa shape index (κ1) is 14.8. The number of nitrogens with one attached hydrogen (secondary N) is 1. The number of anilines is 2. The number of ether oxygens (including phenoxy) is 1. The number of morpholine rings is 1. The van der Waals surface area contributed by atoms with Gasteiger partial charge in [-0.1, -0.05) is 6.92 Å². The molecule has 3 rings (SSSR count). The minimum absolute atomic E-state index is 0.142. The Balaban J connectivity index is 1.99. The molecule has 1 amide bonds. The van der Waals surface area contributed by atoms with Crippen molar-refractivity contribution in [2.24, 2.45) is 5.73 Å². The summed E-state index contributed by atoms with van der Waals surface area (Å²) < 4.78 is 6.73. The van der Waals surface area contributed by atoms with E-state index in [9.17, 15) is 4.79 Å². The van der Waals surface area contributed by atoms with Crippen molar-refractivity contribution in [2.75, 3.05) is 23.4 Å².